The van der Waals surface area contributed by atoms with Gasteiger partial charge in [0.05, 0.1) is 12.4 Å². The number of nitrogens with one attached hydrogen (secondary N) is 2. The molecule has 2 heterocycles. The summed E-state index contributed by atoms with van der Waals surface area (Å²) in [7, 11) is 2.23. The average molecular weight is 381 g/mol. The summed E-state index contributed by atoms with van der Waals surface area (Å²) >= 11 is 1.74. The monoisotopic (exact) mass is 380 g/mol. The van der Waals surface area contributed by atoms with Gasteiger partial charge in [-0.2, -0.15) is 0 Å². The molecule has 5 heteroatoms. The zero-order valence-electron chi connectivity index (χ0n) is 15.8. The molecule has 1 unspecified atom stereocenters. The summed E-state index contributed by atoms with van der Waals surface area (Å²) in [5.74, 6) is 0.826. The lowest BCUT2D eigenvalue weighted by Crippen LogP contribution is -3.08. The van der Waals surface area contributed by atoms with Gasteiger partial charge in [-0.25, -0.2) is 4.98 Å². The molecule has 2 N–H and O–H groups in total. The minimum absolute atomic E-state index is 0.0613. The Balaban J connectivity index is 1.46. The highest BCUT2D eigenvalue weighted by atomic mass is 32.1. The van der Waals surface area contributed by atoms with Crippen molar-refractivity contribution in [2.45, 2.75) is 57.5 Å². The zero-order chi connectivity index (χ0) is 18.4. The molecule has 2 aromatic heterocycles. The van der Waals surface area contributed by atoms with Crippen molar-refractivity contribution in [1.82, 2.24) is 9.97 Å². The summed E-state index contributed by atoms with van der Waals surface area (Å²) in [6.45, 7) is 0.757. The first kappa shape index (κ1) is 17.1. The van der Waals surface area contributed by atoms with Crippen LogP contribution in [-0.2, 0) is 25.8 Å². The van der Waals surface area contributed by atoms with E-state index in [-0.39, 0.29) is 5.56 Å². The molecule has 3 aromatic rings. The number of thiophene rings is 1. The molecule has 0 radical (unpaired) electrons. The first-order valence-electron chi connectivity index (χ1n) is 10.1. The second-order valence-electron chi connectivity index (χ2n) is 8.07. The second-order valence-corrected chi connectivity index (χ2v) is 9.15. The molecule has 1 aromatic carbocycles. The van der Waals surface area contributed by atoms with E-state index in [9.17, 15) is 4.79 Å². The van der Waals surface area contributed by atoms with Crippen LogP contribution < -0.4 is 10.5 Å². The fourth-order valence-corrected chi connectivity index (χ4v) is 6.23. The molecule has 2 atom stereocenters. The molecule has 0 fully saturated rings. The second kappa shape index (κ2) is 6.88. The Bertz CT molecular complexity index is 1050. The molecule has 2 aliphatic rings. The third-order valence-electron chi connectivity index (χ3n) is 6.28. The lowest BCUT2D eigenvalue weighted by molar-refractivity contribution is -0.927. The number of rotatable bonds is 3. The molecule has 140 valence electrons. The van der Waals surface area contributed by atoms with E-state index in [1.165, 1.54) is 58.6 Å². The van der Waals surface area contributed by atoms with E-state index in [0.717, 1.165) is 35.4 Å². The summed E-state index contributed by atoms with van der Waals surface area (Å²) in [6.07, 6.45) is 8.18. The number of aryl methyl sites for hydroxylation is 3. The predicted octanol–water partition coefficient (Wildman–Crippen LogP) is 2.96. The molecular formula is C22H26N3OS+. The van der Waals surface area contributed by atoms with Crippen molar-refractivity contribution in [2.75, 3.05) is 7.05 Å². The van der Waals surface area contributed by atoms with Crippen LogP contribution in [0.1, 0.15) is 59.1 Å². The quantitative estimate of drug-likeness (QED) is 0.734. The molecule has 27 heavy (non-hydrogen) atoms. The maximum atomic E-state index is 12.8. The summed E-state index contributed by atoms with van der Waals surface area (Å²) in [6, 6.07) is 9.30. The molecule has 0 amide bonds. The van der Waals surface area contributed by atoms with Crippen molar-refractivity contribution in [3.63, 3.8) is 0 Å². The van der Waals surface area contributed by atoms with E-state index >= 15 is 0 Å². The van der Waals surface area contributed by atoms with Gasteiger partial charge < -0.3 is 9.88 Å². The van der Waals surface area contributed by atoms with Gasteiger partial charge in [0.2, 0.25) is 0 Å². The van der Waals surface area contributed by atoms with Crippen LogP contribution in [0.25, 0.3) is 10.2 Å². The van der Waals surface area contributed by atoms with Crippen molar-refractivity contribution in [3.05, 3.63) is 62.0 Å². The standard InChI is InChI=1S/C22H25N3OS/c1-25(17-11-6-8-14-7-2-3-9-15(14)17)13-19-23-21(26)20-16-10-4-5-12-18(16)27-22(20)24-19/h2-3,7,9,17H,4-6,8,10-13H2,1H3,(H,23,24,26)/p+1/t17-/m0/s1. The maximum Gasteiger partial charge on any atom is 0.260 e. The van der Waals surface area contributed by atoms with E-state index in [4.69, 9.17) is 4.98 Å². The van der Waals surface area contributed by atoms with E-state index in [1.54, 1.807) is 11.3 Å². The fraction of sp³-hybridized carbons (Fsp3) is 0.455. The lowest BCUT2D eigenvalue weighted by atomic mass is 9.87. The van der Waals surface area contributed by atoms with Crippen LogP contribution in [0.2, 0.25) is 0 Å². The minimum atomic E-state index is 0.0613. The van der Waals surface area contributed by atoms with Crippen LogP contribution >= 0.6 is 11.3 Å². The number of H-pyrrole nitrogens is 1. The van der Waals surface area contributed by atoms with Crippen LogP contribution in [0.3, 0.4) is 0 Å². The van der Waals surface area contributed by atoms with Gasteiger partial charge in [-0.3, -0.25) is 4.79 Å². The SMILES string of the molecule is C[NH+](Cc1nc2sc3c(c2c(=O)[nH]1)CCCC3)[C@H]1CCCc2ccccc21. The highest BCUT2D eigenvalue weighted by Crippen LogP contribution is 2.33. The van der Waals surface area contributed by atoms with Crippen LogP contribution in [0.15, 0.2) is 29.1 Å². The lowest BCUT2D eigenvalue weighted by Gasteiger charge is -2.30. The molecule has 5 rings (SSSR count). The number of aromatic amines is 1. The summed E-state index contributed by atoms with van der Waals surface area (Å²) in [5.41, 5.74) is 4.28. The highest BCUT2D eigenvalue weighted by Gasteiger charge is 2.27. The summed E-state index contributed by atoms with van der Waals surface area (Å²) in [4.78, 5) is 24.5. The molecule has 2 aliphatic carbocycles. The number of aromatic nitrogens is 2. The van der Waals surface area contributed by atoms with E-state index in [0.29, 0.717) is 6.04 Å². The van der Waals surface area contributed by atoms with Gasteiger partial charge >= 0.3 is 0 Å². The Hall–Kier alpha value is -1.98. The van der Waals surface area contributed by atoms with Crippen LogP contribution in [0.4, 0.5) is 0 Å². The van der Waals surface area contributed by atoms with E-state index in [1.807, 2.05) is 0 Å². The van der Waals surface area contributed by atoms with E-state index < -0.39 is 0 Å². The van der Waals surface area contributed by atoms with Gasteiger partial charge in [0.1, 0.15) is 17.4 Å². The number of benzene rings is 1. The summed E-state index contributed by atoms with van der Waals surface area (Å²) < 4.78 is 0. The van der Waals surface area contributed by atoms with Gasteiger partial charge in [0, 0.05) is 16.9 Å². The third-order valence-corrected chi connectivity index (χ3v) is 7.47. The normalized spacial score (nSPS) is 20.3. The number of quaternary nitrogens is 1. The molecule has 0 aliphatic heterocycles. The fourth-order valence-electron chi connectivity index (χ4n) is 4.95. The van der Waals surface area contributed by atoms with Crippen molar-refractivity contribution in [2.24, 2.45) is 0 Å². The first-order chi connectivity index (χ1) is 13.2. The Morgan fingerprint density at radius 1 is 1.19 bits per heavy atom. The van der Waals surface area contributed by atoms with Crippen LogP contribution in [-0.4, -0.2) is 17.0 Å². The number of hydrogen-bond donors (Lipinski definition) is 2. The van der Waals surface area contributed by atoms with Crippen LogP contribution in [0.5, 0.6) is 0 Å². The van der Waals surface area contributed by atoms with Gasteiger partial charge in [-0.1, -0.05) is 24.3 Å². The maximum absolute atomic E-state index is 12.8. The molecule has 0 spiro atoms. The third kappa shape index (κ3) is 3.03. The minimum Gasteiger partial charge on any atom is -0.325 e. The topological polar surface area (TPSA) is 50.2 Å². The molecule has 4 nitrogen and oxygen atoms in total. The van der Waals surface area contributed by atoms with Crippen molar-refractivity contribution < 1.29 is 4.90 Å². The van der Waals surface area contributed by atoms with E-state index in [2.05, 4.69) is 36.3 Å². The number of nitrogens with zero attached hydrogens (tertiary/aromatic N) is 1. The smallest absolute Gasteiger partial charge is 0.260 e. The highest BCUT2D eigenvalue weighted by molar-refractivity contribution is 7.18. The number of hydrogen-bond acceptors (Lipinski definition) is 3. The molecular weight excluding hydrogens is 354 g/mol. The van der Waals surface area contributed by atoms with Gasteiger partial charge in [0.25, 0.3) is 5.56 Å². The Kier molecular flexibility index (Phi) is 4.37. The molecule has 0 saturated heterocycles. The molecule has 0 saturated carbocycles. The Morgan fingerprint density at radius 2 is 2.04 bits per heavy atom. The largest absolute Gasteiger partial charge is 0.325 e. The van der Waals surface area contributed by atoms with Crippen molar-refractivity contribution in [1.29, 1.82) is 0 Å². The average Bonchev–Trinajstić information content (AvgIpc) is 3.06. The molecule has 0 bridgehead atoms. The van der Waals surface area contributed by atoms with Gasteiger partial charge in [-0.05, 0) is 49.7 Å². The number of fused-ring (bicyclic) bond motifs is 4. The van der Waals surface area contributed by atoms with Gasteiger partial charge in [-0.15, -0.1) is 11.3 Å². The zero-order valence-corrected chi connectivity index (χ0v) is 16.6. The van der Waals surface area contributed by atoms with Gasteiger partial charge in [0.15, 0.2) is 5.82 Å². The van der Waals surface area contributed by atoms with Crippen molar-refractivity contribution in [3.8, 4) is 0 Å². The Morgan fingerprint density at radius 3 is 2.96 bits per heavy atom. The summed E-state index contributed by atoms with van der Waals surface area (Å²) in [5, 5.41) is 0.860. The predicted molar refractivity (Wildman–Crippen MR) is 110 cm³/mol. The first-order valence-corrected chi connectivity index (χ1v) is 11.0. The Labute approximate surface area is 163 Å². The van der Waals surface area contributed by atoms with Crippen molar-refractivity contribution >= 4 is 21.6 Å². The van der Waals surface area contributed by atoms with Crippen LogP contribution in [0, 0.1) is 0 Å².